The maximum absolute atomic E-state index is 5.74. The largest absolute Gasteiger partial charge is 0.491 e. The SMILES string of the molecule is BrCc1cccc(OCC2CCCCO2)c1. The molecule has 1 aliphatic heterocycles. The van der Waals surface area contributed by atoms with Crippen LogP contribution in [0.3, 0.4) is 0 Å². The van der Waals surface area contributed by atoms with Gasteiger partial charge in [0.2, 0.25) is 0 Å². The van der Waals surface area contributed by atoms with Gasteiger partial charge >= 0.3 is 0 Å². The van der Waals surface area contributed by atoms with Crippen molar-refractivity contribution in [3.63, 3.8) is 0 Å². The molecular weight excluding hydrogens is 268 g/mol. The van der Waals surface area contributed by atoms with E-state index < -0.39 is 0 Å². The van der Waals surface area contributed by atoms with Crippen LogP contribution in [0.4, 0.5) is 0 Å². The summed E-state index contributed by atoms with van der Waals surface area (Å²) in [7, 11) is 0. The first kappa shape index (κ1) is 11.9. The Kier molecular flexibility index (Phi) is 4.67. The van der Waals surface area contributed by atoms with Gasteiger partial charge in [0.25, 0.3) is 0 Å². The molecule has 1 fully saturated rings. The lowest BCUT2D eigenvalue weighted by molar-refractivity contribution is -0.0110. The van der Waals surface area contributed by atoms with E-state index in [2.05, 4.69) is 28.1 Å². The first-order valence-corrected chi connectivity index (χ1v) is 6.90. The second-order valence-corrected chi connectivity index (χ2v) is 4.64. The van der Waals surface area contributed by atoms with Crippen LogP contribution in [0.15, 0.2) is 24.3 Å². The molecule has 0 bridgehead atoms. The summed E-state index contributed by atoms with van der Waals surface area (Å²) in [5.41, 5.74) is 1.24. The normalized spacial score (nSPS) is 20.7. The summed E-state index contributed by atoms with van der Waals surface area (Å²) >= 11 is 3.44. The van der Waals surface area contributed by atoms with E-state index in [1.165, 1.54) is 18.4 Å². The van der Waals surface area contributed by atoms with Crippen molar-refractivity contribution in [2.75, 3.05) is 13.2 Å². The minimum absolute atomic E-state index is 0.279. The third kappa shape index (κ3) is 3.49. The third-order valence-electron chi connectivity index (χ3n) is 2.76. The van der Waals surface area contributed by atoms with Crippen LogP contribution in [0.5, 0.6) is 5.75 Å². The molecule has 1 aliphatic rings. The fraction of sp³-hybridized carbons (Fsp3) is 0.538. The van der Waals surface area contributed by atoms with Crippen LogP contribution in [0.25, 0.3) is 0 Å². The third-order valence-corrected chi connectivity index (χ3v) is 3.41. The van der Waals surface area contributed by atoms with E-state index in [0.717, 1.165) is 24.1 Å². The van der Waals surface area contributed by atoms with E-state index >= 15 is 0 Å². The van der Waals surface area contributed by atoms with Gasteiger partial charge in [0.05, 0.1) is 6.10 Å². The average Bonchev–Trinajstić information content (AvgIpc) is 2.38. The van der Waals surface area contributed by atoms with E-state index in [1.807, 2.05) is 12.1 Å². The Balaban J connectivity index is 1.83. The molecule has 1 saturated heterocycles. The second-order valence-electron chi connectivity index (χ2n) is 4.08. The summed E-state index contributed by atoms with van der Waals surface area (Å²) in [6.45, 7) is 1.56. The first-order valence-electron chi connectivity index (χ1n) is 5.78. The summed E-state index contributed by atoms with van der Waals surface area (Å²) in [4.78, 5) is 0. The van der Waals surface area contributed by atoms with Crippen LogP contribution in [-0.4, -0.2) is 19.3 Å². The van der Waals surface area contributed by atoms with Crippen molar-refractivity contribution in [1.82, 2.24) is 0 Å². The number of ether oxygens (including phenoxy) is 2. The van der Waals surface area contributed by atoms with E-state index in [4.69, 9.17) is 9.47 Å². The average molecular weight is 285 g/mol. The van der Waals surface area contributed by atoms with Gasteiger partial charge in [0.15, 0.2) is 0 Å². The minimum atomic E-state index is 0.279. The number of hydrogen-bond donors (Lipinski definition) is 0. The maximum Gasteiger partial charge on any atom is 0.119 e. The van der Waals surface area contributed by atoms with Crippen molar-refractivity contribution < 1.29 is 9.47 Å². The zero-order valence-corrected chi connectivity index (χ0v) is 10.9. The van der Waals surface area contributed by atoms with Crippen molar-refractivity contribution in [2.24, 2.45) is 0 Å². The van der Waals surface area contributed by atoms with Crippen LogP contribution < -0.4 is 4.74 Å². The lowest BCUT2D eigenvalue weighted by Gasteiger charge is -2.22. The lowest BCUT2D eigenvalue weighted by Crippen LogP contribution is -2.25. The van der Waals surface area contributed by atoms with E-state index in [1.54, 1.807) is 0 Å². The van der Waals surface area contributed by atoms with Crippen molar-refractivity contribution in [3.05, 3.63) is 29.8 Å². The number of halogens is 1. The van der Waals surface area contributed by atoms with Gasteiger partial charge < -0.3 is 9.47 Å². The second kappa shape index (κ2) is 6.26. The van der Waals surface area contributed by atoms with E-state index in [0.29, 0.717) is 6.61 Å². The number of hydrogen-bond acceptors (Lipinski definition) is 2. The van der Waals surface area contributed by atoms with Gasteiger partial charge in [0, 0.05) is 11.9 Å². The highest BCUT2D eigenvalue weighted by atomic mass is 79.9. The Hall–Kier alpha value is -0.540. The highest BCUT2D eigenvalue weighted by molar-refractivity contribution is 9.08. The van der Waals surface area contributed by atoms with Crippen LogP contribution in [0, 0.1) is 0 Å². The van der Waals surface area contributed by atoms with Crippen molar-refractivity contribution in [1.29, 1.82) is 0 Å². The smallest absolute Gasteiger partial charge is 0.119 e. The lowest BCUT2D eigenvalue weighted by atomic mass is 10.1. The van der Waals surface area contributed by atoms with Gasteiger partial charge in [-0.2, -0.15) is 0 Å². The molecule has 0 amide bonds. The molecule has 1 heterocycles. The summed E-state index contributed by atoms with van der Waals surface area (Å²) in [5, 5.41) is 0.865. The van der Waals surface area contributed by atoms with Gasteiger partial charge in [-0.25, -0.2) is 0 Å². The molecule has 1 atom stereocenters. The molecule has 1 unspecified atom stereocenters. The Morgan fingerprint density at radius 1 is 1.38 bits per heavy atom. The molecule has 0 aliphatic carbocycles. The van der Waals surface area contributed by atoms with Gasteiger partial charge in [-0.05, 0) is 37.0 Å². The molecule has 1 aromatic rings. The standard InChI is InChI=1S/C13H17BrO2/c14-9-11-4-3-6-12(8-11)16-10-13-5-1-2-7-15-13/h3-4,6,8,13H,1-2,5,7,9-10H2. The fourth-order valence-electron chi connectivity index (χ4n) is 1.85. The van der Waals surface area contributed by atoms with Crippen LogP contribution in [0.2, 0.25) is 0 Å². The summed E-state index contributed by atoms with van der Waals surface area (Å²) in [6, 6.07) is 8.17. The fourth-order valence-corrected chi connectivity index (χ4v) is 2.20. The summed E-state index contributed by atoms with van der Waals surface area (Å²) in [5.74, 6) is 0.936. The number of rotatable bonds is 4. The molecule has 0 spiro atoms. The van der Waals surface area contributed by atoms with Crippen molar-refractivity contribution in [3.8, 4) is 5.75 Å². The molecule has 2 rings (SSSR count). The summed E-state index contributed by atoms with van der Waals surface area (Å²) < 4.78 is 11.4. The molecule has 3 heteroatoms. The topological polar surface area (TPSA) is 18.5 Å². The predicted molar refractivity (Wildman–Crippen MR) is 68.2 cm³/mol. The van der Waals surface area contributed by atoms with Crippen LogP contribution in [-0.2, 0) is 10.1 Å². The molecule has 88 valence electrons. The Labute approximate surface area is 105 Å². The Morgan fingerprint density at radius 3 is 3.06 bits per heavy atom. The first-order chi connectivity index (χ1) is 7.88. The van der Waals surface area contributed by atoms with Gasteiger partial charge in [0.1, 0.15) is 12.4 Å². The quantitative estimate of drug-likeness (QED) is 0.788. The molecule has 0 aromatic heterocycles. The maximum atomic E-state index is 5.74. The summed E-state index contributed by atoms with van der Waals surface area (Å²) in [6.07, 6.45) is 3.85. The van der Waals surface area contributed by atoms with Gasteiger partial charge in [-0.3, -0.25) is 0 Å². The van der Waals surface area contributed by atoms with E-state index in [9.17, 15) is 0 Å². The van der Waals surface area contributed by atoms with Gasteiger partial charge in [-0.15, -0.1) is 0 Å². The molecule has 0 N–H and O–H groups in total. The zero-order chi connectivity index (χ0) is 11.2. The highest BCUT2D eigenvalue weighted by Gasteiger charge is 2.14. The monoisotopic (exact) mass is 284 g/mol. The molecule has 0 saturated carbocycles. The number of benzene rings is 1. The molecule has 0 radical (unpaired) electrons. The minimum Gasteiger partial charge on any atom is -0.491 e. The molecule has 16 heavy (non-hydrogen) atoms. The van der Waals surface area contributed by atoms with Crippen molar-refractivity contribution >= 4 is 15.9 Å². The molecule has 2 nitrogen and oxygen atoms in total. The van der Waals surface area contributed by atoms with Crippen LogP contribution in [0.1, 0.15) is 24.8 Å². The van der Waals surface area contributed by atoms with E-state index in [-0.39, 0.29) is 6.10 Å². The highest BCUT2D eigenvalue weighted by Crippen LogP contribution is 2.18. The van der Waals surface area contributed by atoms with Crippen LogP contribution >= 0.6 is 15.9 Å². The molecule has 1 aromatic carbocycles. The Morgan fingerprint density at radius 2 is 2.31 bits per heavy atom. The Bertz CT molecular complexity index is 321. The predicted octanol–water partition coefficient (Wildman–Crippen LogP) is 3.53. The van der Waals surface area contributed by atoms with Gasteiger partial charge in [-0.1, -0.05) is 28.1 Å². The number of alkyl halides is 1. The molecular formula is C13H17BrO2. The zero-order valence-electron chi connectivity index (χ0n) is 9.32. The van der Waals surface area contributed by atoms with Crippen molar-refractivity contribution in [2.45, 2.75) is 30.7 Å².